The van der Waals surface area contributed by atoms with Crippen LogP contribution < -0.4 is 5.32 Å². The van der Waals surface area contributed by atoms with Crippen molar-refractivity contribution in [2.75, 3.05) is 20.3 Å². The highest BCUT2D eigenvalue weighted by atomic mass is 16.5. The normalized spacial score (nSPS) is 21.7. The van der Waals surface area contributed by atoms with E-state index in [0.717, 1.165) is 6.42 Å². The highest BCUT2D eigenvalue weighted by Gasteiger charge is 2.27. The Morgan fingerprint density at radius 2 is 2.38 bits per heavy atom. The fraction of sp³-hybridized carbons (Fsp3) is 0.800. The van der Waals surface area contributed by atoms with Gasteiger partial charge in [0.05, 0.1) is 0 Å². The van der Waals surface area contributed by atoms with Gasteiger partial charge in [0, 0.05) is 26.7 Å². The van der Waals surface area contributed by atoms with Gasteiger partial charge in [-0.15, -0.1) is 0 Å². The number of amides is 1. The van der Waals surface area contributed by atoms with E-state index in [1.54, 1.807) is 0 Å². The molecule has 0 aromatic carbocycles. The SMILES string of the molecule is COCCC(NC(=O)[C@@H]1CCCO1)C(=O)O. The van der Waals surface area contributed by atoms with Crippen LogP contribution in [0.4, 0.5) is 0 Å². The summed E-state index contributed by atoms with van der Waals surface area (Å²) in [6.45, 7) is 0.858. The third kappa shape index (κ3) is 3.79. The summed E-state index contributed by atoms with van der Waals surface area (Å²) in [6.07, 6.45) is 1.25. The summed E-state index contributed by atoms with van der Waals surface area (Å²) in [7, 11) is 1.49. The molecule has 6 heteroatoms. The summed E-state index contributed by atoms with van der Waals surface area (Å²) in [5, 5.41) is 11.3. The largest absolute Gasteiger partial charge is 0.480 e. The molecule has 0 saturated carbocycles. The lowest BCUT2D eigenvalue weighted by Gasteiger charge is -2.16. The minimum absolute atomic E-state index is 0.254. The van der Waals surface area contributed by atoms with Crippen LogP contribution >= 0.6 is 0 Å². The summed E-state index contributed by atoms with van der Waals surface area (Å²) in [4.78, 5) is 22.4. The maximum Gasteiger partial charge on any atom is 0.326 e. The third-order valence-electron chi connectivity index (χ3n) is 2.45. The third-order valence-corrected chi connectivity index (χ3v) is 2.45. The first-order valence-electron chi connectivity index (χ1n) is 5.29. The Hall–Kier alpha value is -1.14. The second-order valence-electron chi connectivity index (χ2n) is 3.68. The van der Waals surface area contributed by atoms with E-state index < -0.39 is 18.1 Å². The van der Waals surface area contributed by atoms with Crippen LogP contribution in [0.5, 0.6) is 0 Å². The second kappa shape index (κ2) is 6.44. The van der Waals surface area contributed by atoms with Crippen LogP contribution in [0.3, 0.4) is 0 Å². The van der Waals surface area contributed by atoms with Crippen LogP contribution in [0.15, 0.2) is 0 Å². The van der Waals surface area contributed by atoms with Crippen molar-refractivity contribution in [2.24, 2.45) is 0 Å². The molecule has 1 aliphatic heterocycles. The molecule has 1 fully saturated rings. The molecular weight excluding hydrogens is 214 g/mol. The van der Waals surface area contributed by atoms with E-state index in [0.29, 0.717) is 19.6 Å². The zero-order chi connectivity index (χ0) is 12.0. The molecule has 1 aliphatic rings. The summed E-state index contributed by atoms with van der Waals surface area (Å²) >= 11 is 0. The Morgan fingerprint density at radius 1 is 1.62 bits per heavy atom. The van der Waals surface area contributed by atoms with E-state index in [1.807, 2.05) is 0 Å². The first-order valence-corrected chi connectivity index (χ1v) is 5.29. The topological polar surface area (TPSA) is 84.9 Å². The molecule has 1 saturated heterocycles. The molecule has 0 bridgehead atoms. The predicted molar refractivity (Wildman–Crippen MR) is 55.0 cm³/mol. The number of nitrogens with one attached hydrogen (secondary N) is 1. The van der Waals surface area contributed by atoms with Crippen molar-refractivity contribution in [1.82, 2.24) is 5.32 Å². The van der Waals surface area contributed by atoms with Gasteiger partial charge in [-0.05, 0) is 12.8 Å². The number of carboxylic acids is 1. The molecule has 1 unspecified atom stereocenters. The molecule has 0 spiro atoms. The fourth-order valence-electron chi connectivity index (χ4n) is 1.54. The molecule has 1 heterocycles. The molecule has 1 rings (SSSR count). The number of aliphatic carboxylic acids is 1. The lowest BCUT2D eigenvalue weighted by molar-refractivity contribution is -0.144. The Morgan fingerprint density at radius 3 is 2.88 bits per heavy atom. The molecule has 16 heavy (non-hydrogen) atoms. The number of hydrogen-bond donors (Lipinski definition) is 2. The van der Waals surface area contributed by atoms with E-state index in [9.17, 15) is 9.59 Å². The maximum absolute atomic E-state index is 11.6. The number of rotatable bonds is 6. The zero-order valence-corrected chi connectivity index (χ0v) is 9.27. The zero-order valence-electron chi connectivity index (χ0n) is 9.27. The van der Waals surface area contributed by atoms with Gasteiger partial charge >= 0.3 is 5.97 Å². The van der Waals surface area contributed by atoms with Gasteiger partial charge in [-0.25, -0.2) is 4.79 Å². The summed E-state index contributed by atoms with van der Waals surface area (Å²) < 4.78 is 9.95. The first kappa shape index (κ1) is 12.9. The average Bonchev–Trinajstić information content (AvgIpc) is 2.76. The number of methoxy groups -OCH3 is 1. The van der Waals surface area contributed by atoms with Crippen LogP contribution in [0.1, 0.15) is 19.3 Å². The summed E-state index contributed by atoms with van der Waals surface area (Å²) in [5.74, 6) is -1.40. The van der Waals surface area contributed by atoms with Gasteiger partial charge in [-0.2, -0.15) is 0 Å². The molecule has 2 N–H and O–H groups in total. The van der Waals surface area contributed by atoms with Crippen molar-refractivity contribution < 1.29 is 24.2 Å². The highest BCUT2D eigenvalue weighted by molar-refractivity contribution is 5.86. The van der Waals surface area contributed by atoms with Crippen LogP contribution in [0.2, 0.25) is 0 Å². The minimum atomic E-state index is -1.05. The fourth-order valence-corrected chi connectivity index (χ4v) is 1.54. The molecule has 0 aliphatic carbocycles. The minimum Gasteiger partial charge on any atom is -0.480 e. The number of carboxylic acid groups (broad SMARTS) is 1. The number of ether oxygens (including phenoxy) is 2. The van der Waals surface area contributed by atoms with Crippen LogP contribution in [-0.2, 0) is 19.1 Å². The molecule has 0 aromatic heterocycles. The lowest BCUT2D eigenvalue weighted by atomic mass is 10.2. The molecule has 0 radical (unpaired) electrons. The van der Waals surface area contributed by atoms with Crippen LogP contribution in [0.25, 0.3) is 0 Å². The van der Waals surface area contributed by atoms with Crippen molar-refractivity contribution >= 4 is 11.9 Å². The van der Waals surface area contributed by atoms with E-state index >= 15 is 0 Å². The van der Waals surface area contributed by atoms with Gasteiger partial charge in [-0.1, -0.05) is 0 Å². The van der Waals surface area contributed by atoms with E-state index in [2.05, 4.69) is 5.32 Å². The maximum atomic E-state index is 11.6. The Labute approximate surface area is 93.9 Å². The average molecular weight is 231 g/mol. The smallest absolute Gasteiger partial charge is 0.326 e. The Balaban J connectivity index is 2.40. The molecule has 1 amide bonds. The molecule has 0 aromatic rings. The standard InChI is InChI=1S/C10H17NO5/c1-15-6-4-7(10(13)14)11-9(12)8-3-2-5-16-8/h7-8H,2-6H2,1H3,(H,11,12)(H,13,14)/t7?,8-/m0/s1. The van der Waals surface area contributed by atoms with E-state index in [-0.39, 0.29) is 12.3 Å². The number of hydrogen-bond acceptors (Lipinski definition) is 4. The van der Waals surface area contributed by atoms with Crippen LogP contribution in [0, 0.1) is 0 Å². The summed E-state index contributed by atoms with van der Waals surface area (Å²) in [6, 6.07) is -0.906. The first-order chi connectivity index (χ1) is 7.65. The lowest BCUT2D eigenvalue weighted by Crippen LogP contribution is -2.45. The summed E-state index contributed by atoms with van der Waals surface area (Å²) in [5.41, 5.74) is 0. The van der Waals surface area contributed by atoms with Gasteiger partial charge in [0.1, 0.15) is 12.1 Å². The van der Waals surface area contributed by atoms with Crippen molar-refractivity contribution in [3.05, 3.63) is 0 Å². The predicted octanol–water partition coefficient (Wildman–Crippen LogP) is -0.229. The van der Waals surface area contributed by atoms with E-state index in [4.69, 9.17) is 14.6 Å². The molecular formula is C10H17NO5. The van der Waals surface area contributed by atoms with Gasteiger partial charge in [0.25, 0.3) is 0 Å². The molecule has 6 nitrogen and oxygen atoms in total. The highest BCUT2D eigenvalue weighted by Crippen LogP contribution is 2.12. The van der Waals surface area contributed by atoms with Crippen molar-refractivity contribution in [2.45, 2.75) is 31.4 Å². The van der Waals surface area contributed by atoms with Crippen molar-refractivity contribution in [3.8, 4) is 0 Å². The van der Waals surface area contributed by atoms with Gasteiger partial charge in [0.2, 0.25) is 5.91 Å². The number of carbonyl (C=O) groups is 2. The Kier molecular flexibility index (Phi) is 5.21. The molecule has 92 valence electrons. The quantitative estimate of drug-likeness (QED) is 0.659. The number of carbonyl (C=O) groups excluding carboxylic acids is 1. The van der Waals surface area contributed by atoms with Crippen molar-refractivity contribution in [1.29, 1.82) is 0 Å². The van der Waals surface area contributed by atoms with Crippen LogP contribution in [-0.4, -0.2) is 49.5 Å². The Bertz CT molecular complexity index is 250. The molecule has 2 atom stereocenters. The second-order valence-corrected chi connectivity index (χ2v) is 3.68. The van der Waals surface area contributed by atoms with Gasteiger partial charge < -0.3 is 19.9 Å². The van der Waals surface area contributed by atoms with Crippen molar-refractivity contribution in [3.63, 3.8) is 0 Å². The van der Waals surface area contributed by atoms with E-state index in [1.165, 1.54) is 7.11 Å². The monoisotopic (exact) mass is 231 g/mol. The van der Waals surface area contributed by atoms with Gasteiger partial charge in [0.15, 0.2) is 0 Å². The van der Waals surface area contributed by atoms with Gasteiger partial charge in [-0.3, -0.25) is 4.79 Å².